The van der Waals surface area contributed by atoms with Gasteiger partial charge in [0.2, 0.25) is 5.69 Å². The molecule has 1 aromatic heterocycles. The molecular formula is C14H14N+. The molecule has 2 aromatic rings. The van der Waals surface area contributed by atoms with Gasteiger partial charge < -0.3 is 0 Å². The Balaban J connectivity index is 2.37. The Morgan fingerprint density at radius 1 is 1.00 bits per heavy atom. The van der Waals surface area contributed by atoms with E-state index in [2.05, 4.69) is 54.9 Å². The van der Waals surface area contributed by atoms with E-state index in [0.29, 0.717) is 0 Å². The van der Waals surface area contributed by atoms with Gasteiger partial charge in [-0.1, -0.05) is 12.1 Å². The van der Waals surface area contributed by atoms with Crippen LogP contribution in [0.25, 0.3) is 11.3 Å². The Morgan fingerprint density at radius 3 is 2.67 bits per heavy atom. The quantitative estimate of drug-likeness (QED) is 0.487. The van der Waals surface area contributed by atoms with Crippen LogP contribution in [0.5, 0.6) is 0 Å². The molecule has 1 aromatic carbocycles. The van der Waals surface area contributed by atoms with Crippen molar-refractivity contribution in [3.05, 3.63) is 53.2 Å². The molecule has 0 amide bonds. The summed E-state index contributed by atoms with van der Waals surface area (Å²) in [7, 11) is 0. The zero-order valence-corrected chi connectivity index (χ0v) is 9.12. The Kier molecular flexibility index (Phi) is 1.69. The van der Waals surface area contributed by atoms with Crippen LogP contribution in [0.15, 0.2) is 36.5 Å². The van der Waals surface area contributed by atoms with Crippen molar-refractivity contribution in [3.8, 4) is 11.3 Å². The van der Waals surface area contributed by atoms with Crippen molar-refractivity contribution in [2.24, 2.45) is 0 Å². The largest absolute Gasteiger partial charge is 0.213 e. The number of hydrogen-bond acceptors (Lipinski definition) is 0. The second kappa shape index (κ2) is 2.93. The van der Waals surface area contributed by atoms with Crippen LogP contribution < -0.4 is 4.57 Å². The van der Waals surface area contributed by atoms with Crippen molar-refractivity contribution in [1.82, 2.24) is 0 Å². The molecule has 1 aliphatic heterocycles. The number of aromatic nitrogens is 1. The van der Waals surface area contributed by atoms with E-state index in [9.17, 15) is 0 Å². The second-order valence-electron chi connectivity index (χ2n) is 4.27. The highest BCUT2D eigenvalue weighted by atomic mass is 15.0. The summed E-state index contributed by atoms with van der Waals surface area (Å²) < 4.78 is 2.32. The number of aryl methyl sites for hydroxylation is 2. The summed E-state index contributed by atoms with van der Waals surface area (Å²) in [5.74, 6) is 0. The summed E-state index contributed by atoms with van der Waals surface area (Å²) in [6.45, 7) is 5.42. The number of benzene rings is 1. The Bertz CT molecular complexity index is 541. The first-order chi connectivity index (χ1) is 7.27. The lowest BCUT2D eigenvalue weighted by Crippen LogP contribution is -2.31. The van der Waals surface area contributed by atoms with Gasteiger partial charge in [-0.05, 0) is 31.0 Å². The average Bonchev–Trinajstić information content (AvgIpc) is 2.64. The SMILES string of the molecule is Cc1ccc(C)c2c1C[n+]1ccccc1-2. The van der Waals surface area contributed by atoms with Crippen LogP contribution in [0, 0.1) is 13.8 Å². The van der Waals surface area contributed by atoms with E-state index >= 15 is 0 Å². The normalized spacial score (nSPS) is 12.4. The maximum absolute atomic E-state index is 2.32. The summed E-state index contributed by atoms with van der Waals surface area (Å²) in [6, 6.07) is 10.9. The average molecular weight is 196 g/mol. The molecule has 0 fully saturated rings. The molecule has 0 saturated carbocycles. The minimum absolute atomic E-state index is 1.03. The van der Waals surface area contributed by atoms with Gasteiger partial charge in [0, 0.05) is 17.7 Å². The maximum Gasteiger partial charge on any atom is 0.213 e. The van der Waals surface area contributed by atoms with Gasteiger partial charge in [0.05, 0.1) is 5.56 Å². The number of pyridine rings is 1. The highest BCUT2D eigenvalue weighted by Gasteiger charge is 2.27. The molecule has 0 radical (unpaired) electrons. The van der Waals surface area contributed by atoms with Gasteiger partial charge in [-0.3, -0.25) is 0 Å². The van der Waals surface area contributed by atoms with Crippen molar-refractivity contribution >= 4 is 0 Å². The third-order valence-electron chi connectivity index (χ3n) is 3.28. The minimum atomic E-state index is 1.03. The van der Waals surface area contributed by atoms with Crippen LogP contribution in [0.4, 0.5) is 0 Å². The lowest BCUT2D eigenvalue weighted by molar-refractivity contribution is -0.672. The molecule has 0 spiro atoms. The molecule has 74 valence electrons. The first-order valence-corrected chi connectivity index (χ1v) is 5.35. The number of nitrogens with zero attached hydrogens (tertiary/aromatic N) is 1. The fourth-order valence-corrected chi connectivity index (χ4v) is 2.44. The molecule has 1 aliphatic rings. The van der Waals surface area contributed by atoms with E-state index in [1.807, 2.05) is 0 Å². The van der Waals surface area contributed by atoms with Gasteiger partial charge in [-0.15, -0.1) is 0 Å². The summed E-state index contributed by atoms with van der Waals surface area (Å²) in [4.78, 5) is 0. The summed E-state index contributed by atoms with van der Waals surface area (Å²) in [6.07, 6.45) is 2.16. The van der Waals surface area contributed by atoms with Gasteiger partial charge in [0.1, 0.15) is 0 Å². The lowest BCUT2D eigenvalue weighted by Gasteiger charge is -2.02. The molecule has 0 unspecified atom stereocenters. The number of hydrogen-bond donors (Lipinski definition) is 0. The maximum atomic E-state index is 2.32. The third-order valence-corrected chi connectivity index (χ3v) is 3.28. The second-order valence-corrected chi connectivity index (χ2v) is 4.27. The number of fused-ring (bicyclic) bond motifs is 3. The fraction of sp³-hybridized carbons (Fsp3) is 0.214. The van der Waals surface area contributed by atoms with E-state index in [1.54, 1.807) is 0 Å². The van der Waals surface area contributed by atoms with E-state index < -0.39 is 0 Å². The van der Waals surface area contributed by atoms with Crippen LogP contribution in [0.1, 0.15) is 16.7 Å². The molecular weight excluding hydrogens is 182 g/mol. The van der Waals surface area contributed by atoms with E-state index in [0.717, 1.165) is 6.54 Å². The van der Waals surface area contributed by atoms with Gasteiger partial charge in [0.25, 0.3) is 0 Å². The lowest BCUT2D eigenvalue weighted by atomic mass is 9.97. The molecule has 0 saturated heterocycles. The first kappa shape index (κ1) is 8.66. The molecule has 15 heavy (non-hydrogen) atoms. The van der Waals surface area contributed by atoms with Crippen LogP contribution in [-0.4, -0.2) is 0 Å². The Labute approximate surface area is 90.0 Å². The van der Waals surface area contributed by atoms with Gasteiger partial charge in [-0.2, -0.15) is 4.57 Å². The van der Waals surface area contributed by atoms with Crippen molar-refractivity contribution < 1.29 is 4.57 Å². The Morgan fingerprint density at radius 2 is 1.80 bits per heavy atom. The van der Waals surface area contributed by atoms with Crippen molar-refractivity contribution in [1.29, 1.82) is 0 Å². The van der Waals surface area contributed by atoms with Crippen LogP contribution in [0.2, 0.25) is 0 Å². The molecule has 3 rings (SSSR count). The van der Waals surface area contributed by atoms with Crippen molar-refractivity contribution in [2.75, 3.05) is 0 Å². The minimum Gasteiger partial charge on any atom is -0.194 e. The summed E-state index contributed by atoms with van der Waals surface area (Å²) in [5.41, 5.74) is 7.07. The zero-order valence-electron chi connectivity index (χ0n) is 9.12. The fourth-order valence-electron chi connectivity index (χ4n) is 2.44. The number of rotatable bonds is 0. The smallest absolute Gasteiger partial charge is 0.194 e. The molecule has 0 aliphatic carbocycles. The van der Waals surface area contributed by atoms with Crippen LogP contribution in [-0.2, 0) is 6.54 Å². The standard InChI is InChI=1S/C14H14N/c1-10-6-7-11(2)14-12(10)9-15-8-4-3-5-13(14)15/h3-8H,9H2,1-2H3/q+1. The molecule has 1 nitrogen and oxygen atoms in total. The van der Waals surface area contributed by atoms with Gasteiger partial charge in [-0.25, -0.2) is 0 Å². The van der Waals surface area contributed by atoms with Crippen molar-refractivity contribution in [2.45, 2.75) is 20.4 Å². The monoisotopic (exact) mass is 196 g/mol. The topological polar surface area (TPSA) is 3.88 Å². The Hall–Kier alpha value is -1.63. The predicted octanol–water partition coefficient (Wildman–Crippen LogP) is 2.62. The van der Waals surface area contributed by atoms with Crippen molar-refractivity contribution in [3.63, 3.8) is 0 Å². The molecule has 0 atom stereocenters. The van der Waals surface area contributed by atoms with Gasteiger partial charge >= 0.3 is 0 Å². The summed E-state index contributed by atoms with van der Waals surface area (Å²) >= 11 is 0. The predicted molar refractivity (Wildman–Crippen MR) is 60.6 cm³/mol. The van der Waals surface area contributed by atoms with Crippen LogP contribution >= 0.6 is 0 Å². The van der Waals surface area contributed by atoms with E-state index in [4.69, 9.17) is 0 Å². The molecule has 0 bridgehead atoms. The molecule has 2 heterocycles. The van der Waals surface area contributed by atoms with E-state index in [-0.39, 0.29) is 0 Å². The molecule has 0 N–H and O–H groups in total. The zero-order chi connectivity index (χ0) is 10.4. The van der Waals surface area contributed by atoms with E-state index in [1.165, 1.54) is 27.9 Å². The van der Waals surface area contributed by atoms with Gasteiger partial charge in [0.15, 0.2) is 12.7 Å². The highest BCUT2D eigenvalue weighted by molar-refractivity contribution is 5.68. The summed E-state index contributed by atoms with van der Waals surface area (Å²) in [5, 5.41) is 0. The third kappa shape index (κ3) is 1.13. The first-order valence-electron chi connectivity index (χ1n) is 5.35. The van der Waals surface area contributed by atoms with Crippen LogP contribution in [0.3, 0.4) is 0 Å². The molecule has 1 heteroatoms. The highest BCUT2D eigenvalue weighted by Crippen LogP contribution is 2.31.